The number of benzene rings is 3. The molecule has 0 aliphatic heterocycles. The highest BCUT2D eigenvalue weighted by Gasteiger charge is 2.24. The number of hydrogen-bond donors (Lipinski definition) is 3. The molecule has 2 atom stereocenters. The molecule has 0 fully saturated rings. The fourth-order valence-electron chi connectivity index (χ4n) is 3.49. The van der Waals surface area contributed by atoms with Crippen molar-refractivity contribution in [2.24, 2.45) is 0 Å². The molecule has 7 nitrogen and oxygen atoms in total. The van der Waals surface area contributed by atoms with Gasteiger partial charge in [-0.2, -0.15) is 0 Å². The van der Waals surface area contributed by atoms with Gasteiger partial charge in [0.25, 0.3) is 5.91 Å². The van der Waals surface area contributed by atoms with E-state index in [1.54, 1.807) is 6.92 Å². The van der Waals surface area contributed by atoms with Crippen molar-refractivity contribution in [2.75, 3.05) is 7.11 Å². The first-order valence-corrected chi connectivity index (χ1v) is 10.9. The minimum absolute atomic E-state index is 0.220. The molecule has 3 aromatic rings. The van der Waals surface area contributed by atoms with Gasteiger partial charge >= 0.3 is 0 Å². The fourth-order valence-corrected chi connectivity index (χ4v) is 3.49. The zero-order valence-corrected chi connectivity index (χ0v) is 18.8. The summed E-state index contributed by atoms with van der Waals surface area (Å²) >= 11 is 0. The highest BCUT2D eigenvalue weighted by molar-refractivity contribution is 5.91. The van der Waals surface area contributed by atoms with Crippen molar-refractivity contribution in [3.8, 4) is 0 Å². The molecule has 0 aliphatic carbocycles. The molecular weight excluding hydrogens is 418 g/mol. The molecule has 0 saturated carbocycles. The molecule has 3 aromatic carbocycles. The Morgan fingerprint density at radius 1 is 0.848 bits per heavy atom. The van der Waals surface area contributed by atoms with Crippen LogP contribution in [0, 0.1) is 0 Å². The van der Waals surface area contributed by atoms with E-state index < -0.39 is 18.2 Å². The Balaban J connectivity index is 1.48. The number of carbonyl (C=O) groups is 3. The average Bonchev–Trinajstić information content (AvgIpc) is 2.85. The zero-order valence-electron chi connectivity index (χ0n) is 18.8. The number of rotatable bonds is 10. The Labute approximate surface area is 193 Å². The molecule has 172 valence electrons. The first-order chi connectivity index (χ1) is 16.0. The number of methoxy groups -OCH3 is 1. The minimum atomic E-state index is -1.18. The summed E-state index contributed by atoms with van der Waals surface area (Å²) in [5, 5.41) is 10.2. The van der Waals surface area contributed by atoms with Gasteiger partial charge in [0.05, 0.1) is 0 Å². The van der Waals surface area contributed by atoms with E-state index in [4.69, 9.17) is 4.74 Å². The van der Waals surface area contributed by atoms with Crippen LogP contribution in [0.2, 0.25) is 0 Å². The third kappa shape index (κ3) is 6.89. The summed E-state index contributed by atoms with van der Waals surface area (Å²) in [6, 6.07) is 22.7. The van der Waals surface area contributed by atoms with Gasteiger partial charge in [-0.1, -0.05) is 72.8 Å². The summed E-state index contributed by atoms with van der Waals surface area (Å²) in [6.07, 6.45) is -0.405. The summed E-state index contributed by atoms with van der Waals surface area (Å²) in [5.41, 5.74) is 2.02. The van der Waals surface area contributed by atoms with Gasteiger partial charge in [-0.3, -0.25) is 14.4 Å². The summed E-state index contributed by atoms with van der Waals surface area (Å²) < 4.78 is 5.12. The van der Waals surface area contributed by atoms with Crippen molar-refractivity contribution in [3.05, 3.63) is 83.9 Å². The van der Waals surface area contributed by atoms with Crippen LogP contribution in [0.15, 0.2) is 72.8 Å². The van der Waals surface area contributed by atoms with E-state index in [-0.39, 0.29) is 18.2 Å². The lowest BCUT2D eigenvalue weighted by Gasteiger charge is -2.20. The molecule has 0 bridgehead atoms. The van der Waals surface area contributed by atoms with Crippen LogP contribution in [0.4, 0.5) is 0 Å². The zero-order chi connectivity index (χ0) is 23.6. The van der Waals surface area contributed by atoms with Gasteiger partial charge in [0, 0.05) is 20.1 Å². The van der Waals surface area contributed by atoms with Crippen molar-refractivity contribution < 1.29 is 19.1 Å². The van der Waals surface area contributed by atoms with E-state index in [0.29, 0.717) is 13.0 Å². The molecule has 0 radical (unpaired) electrons. The number of carbonyl (C=O) groups excluding carboxylic acids is 3. The lowest BCUT2D eigenvalue weighted by Crippen LogP contribution is -2.53. The molecule has 0 aromatic heterocycles. The third-order valence-electron chi connectivity index (χ3n) is 5.33. The Bertz CT molecular complexity index is 1100. The topological polar surface area (TPSA) is 96.5 Å². The van der Waals surface area contributed by atoms with Gasteiger partial charge < -0.3 is 20.7 Å². The Morgan fingerprint density at radius 2 is 1.55 bits per heavy atom. The van der Waals surface area contributed by atoms with Crippen molar-refractivity contribution >= 4 is 28.5 Å². The lowest BCUT2D eigenvalue weighted by molar-refractivity contribution is -0.140. The second-order valence-electron chi connectivity index (χ2n) is 7.76. The fraction of sp³-hybridized carbons (Fsp3) is 0.269. The van der Waals surface area contributed by atoms with E-state index in [2.05, 4.69) is 16.0 Å². The second-order valence-corrected chi connectivity index (χ2v) is 7.76. The van der Waals surface area contributed by atoms with Crippen LogP contribution in [-0.4, -0.2) is 37.1 Å². The van der Waals surface area contributed by atoms with Gasteiger partial charge in [-0.25, -0.2) is 0 Å². The minimum Gasteiger partial charge on any atom is -0.353 e. The number of amides is 3. The number of fused-ring (bicyclic) bond motifs is 1. The van der Waals surface area contributed by atoms with Gasteiger partial charge in [0.2, 0.25) is 18.0 Å². The van der Waals surface area contributed by atoms with E-state index in [9.17, 15) is 14.4 Å². The monoisotopic (exact) mass is 447 g/mol. The van der Waals surface area contributed by atoms with E-state index >= 15 is 0 Å². The summed E-state index contributed by atoms with van der Waals surface area (Å²) in [7, 11) is 1.33. The maximum atomic E-state index is 12.5. The molecule has 0 spiro atoms. The maximum Gasteiger partial charge on any atom is 0.270 e. The smallest absolute Gasteiger partial charge is 0.270 e. The van der Waals surface area contributed by atoms with E-state index in [1.807, 2.05) is 72.8 Å². The quantitative estimate of drug-likeness (QED) is 0.417. The summed E-state index contributed by atoms with van der Waals surface area (Å²) in [6.45, 7) is 1.92. The van der Waals surface area contributed by atoms with Gasteiger partial charge in [-0.05, 0) is 35.2 Å². The van der Waals surface area contributed by atoms with Gasteiger partial charge in [0.15, 0.2) is 0 Å². The Hall–Kier alpha value is -3.71. The summed E-state index contributed by atoms with van der Waals surface area (Å²) in [5.74, 6) is -1.23. The van der Waals surface area contributed by atoms with Crippen LogP contribution in [0.1, 0.15) is 24.5 Å². The standard InChI is InChI=1S/C26H29N3O4/c1-18(24(31)27-17-21-13-8-12-20-11-6-7-14-22(20)21)28-25(32)26(33-2)29-23(30)16-15-19-9-4-3-5-10-19/h3-14,18,26H,15-17H2,1-2H3,(H,27,31)(H,28,32)(H,29,30)/t18-,26-/m0/s1. The van der Waals surface area contributed by atoms with Crippen LogP contribution < -0.4 is 16.0 Å². The molecule has 3 N–H and O–H groups in total. The first kappa shape index (κ1) is 23.9. The molecule has 7 heteroatoms. The van der Waals surface area contributed by atoms with Crippen molar-refractivity contribution in [1.29, 1.82) is 0 Å². The predicted molar refractivity (Wildman–Crippen MR) is 127 cm³/mol. The van der Waals surface area contributed by atoms with Crippen molar-refractivity contribution in [3.63, 3.8) is 0 Å². The number of hydrogen-bond acceptors (Lipinski definition) is 4. The molecule has 0 unspecified atom stereocenters. The van der Waals surface area contributed by atoms with Crippen LogP contribution >= 0.6 is 0 Å². The molecular formula is C26H29N3O4. The average molecular weight is 448 g/mol. The highest BCUT2D eigenvalue weighted by atomic mass is 16.5. The van der Waals surface area contributed by atoms with E-state index in [1.165, 1.54) is 7.11 Å². The SMILES string of the molecule is CO[C@H](NC(=O)CCc1ccccc1)C(=O)N[C@@H](C)C(=O)NCc1cccc2ccccc12. The molecule has 0 saturated heterocycles. The van der Waals surface area contributed by atoms with Crippen LogP contribution in [0.25, 0.3) is 10.8 Å². The highest BCUT2D eigenvalue weighted by Crippen LogP contribution is 2.18. The van der Waals surface area contributed by atoms with Crippen molar-refractivity contribution in [1.82, 2.24) is 16.0 Å². The Morgan fingerprint density at radius 3 is 2.30 bits per heavy atom. The van der Waals surface area contributed by atoms with Crippen LogP contribution in [0.3, 0.4) is 0 Å². The molecule has 3 amide bonds. The largest absolute Gasteiger partial charge is 0.353 e. The normalized spacial score (nSPS) is 12.5. The maximum absolute atomic E-state index is 12.5. The second kappa shape index (κ2) is 11.8. The van der Waals surface area contributed by atoms with Crippen molar-refractivity contribution in [2.45, 2.75) is 38.6 Å². The molecule has 0 aliphatic rings. The van der Waals surface area contributed by atoms with Crippen LogP contribution in [0.5, 0.6) is 0 Å². The van der Waals surface area contributed by atoms with Gasteiger partial charge in [-0.15, -0.1) is 0 Å². The van der Waals surface area contributed by atoms with Gasteiger partial charge in [0.1, 0.15) is 6.04 Å². The van der Waals surface area contributed by atoms with Crippen LogP contribution in [-0.2, 0) is 32.1 Å². The number of aryl methyl sites for hydroxylation is 1. The molecule has 3 rings (SSSR count). The summed E-state index contributed by atoms with van der Waals surface area (Å²) in [4.78, 5) is 37.3. The molecule has 0 heterocycles. The number of nitrogens with one attached hydrogen (secondary N) is 3. The third-order valence-corrected chi connectivity index (χ3v) is 5.33. The number of ether oxygens (including phenoxy) is 1. The predicted octanol–water partition coefficient (Wildman–Crippen LogP) is 2.68. The lowest BCUT2D eigenvalue weighted by atomic mass is 10.0. The molecule has 33 heavy (non-hydrogen) atoms. The Kier molecular flexibility index (Phi) is 8.55. The first-order valence-electron chi connectivity index (χ1n) is 10.9. The van der Waals surface area contributed by atoms with E-state index in [0.717, 1.165) is 21.9 Å².